The highest BCUT2D eigenvalue weighted by Gasteiger charge is 2.30. The van der Waals surface area contributed by atoms with E-state index in [1.54, 1.807) is 49.6 Å². The fourth-order valence-electron chi connectivity index (χ4n) is 3.49. The molecular weight excluding hydrogens is 440 g/mol. The fourth-order valence-corrected chi connectivity index (χ4v) is 4.92. The van der Waals surface area contributed by atoms with Gasteiger partial charge in [-0.1, -0.05) is 48.0 Å². The topological polar surface area (TPSA) is 84.9 Å². The van der Waals surface area contributed by atoms with Crippen molar-refractivity contribution in [1.82, 2.24) is 5.32 Å². The first-order valence-corrected chi connectivity index (χ1v) is 11.9. The number of hydrogen-bond donors (Lipinski definition) is 1. The van der Waals surface area contributed by atoms with Crippen LogP contribution < -0.4 is 19.1 Å². The molecule has 0 aliphatic carbocycles. The number of carbonyl (C=O) groups excluding carboxylic acids is 1. The number of benzene rings is 3. The molecule has 1 N–H and O–H groups in total. The predicted octanol–water partition coefficient (Wildman–Crippen LogP) is 4.08. The second kappa shape index (κ2) is 10.4. The SMILES string of the molecule is COc1ccccc1[C@H](C)NC(=O)CN(c1ccccc1OC)S(=O)(=O)c1ccc(C)cc1. The number of hydrogen-bond acceptors (Lipinski definition) is 5. The first-order valence-electron chi connectivity index (χ1n) is 10.4. The highest BCUT2D eigenvalue weighted by atomic mass is 32.2. The molecule has 0 unspecified atom stereocenters. The number of sulfonamides is 1. The van der Waals surface area contributed by atoms with Gasteiger partial charge in [0.25, 0.3) is 10.0 Å². The van der Waals surface area contributed by atoms with E-state index >= 15 is 0 Å². The van der Waals surface area contributed by atoms with Crippen LogP contribution in [0.1, 0.15) is 24.1 Å². The molecule has 0 heterocycles. The number of aryl methyl sites for hydroxylation is 1. The Hall–Kier alpha value is -3.52. The third kappa shape index (κ3) is 5.46. The molecule has 0 aliphatic rings. The number of anilines is 1. The monoisotopic (exact) mass is 468 g/mol. The lowest BCUT2D eigenvalue weighted by molar-refractivity contribution is -0.120. The van der Waals surface area contributed by atoms with Crippen LogP contribution in [0, 0.1) is 6.92 Å². The highest BCUT2D eigenvalue weighted by molar-refractivity contribution is 7.92. The van der Waals surface area contributed by atoms with Crippen LogP contribution in [0.5, 0.6) is 11.5 Å². The molecule has 174 valence electrons. The Kier molecular flexibility index (Phi) is 7.60. The largest absolute Gasteiger partial charge is 0.496 e. The molecule has 0 saturated heterocycles. The predicted molar refractivity (Wildman–Crippen MR) is 128 cm³/mol. The summed E-state index contributed by atoms with van der Waals surface area (Å²) in [5.74, 6) is 0.521. The molecule has 0 saturated carbocycles. The van der Waals surface area contributed by atoms with E-state index in [2.05, 4.69) is 5.32 Å². The maximum absolute atomic E-state index is 13.6. The van der Waals surface area contributed by atoms with Crippen LogP contribution in [0.4, 0.5) is 5.69 Å². The van der Waals surface area contributed by atoms with E-state index in [1.807, 2.05) is 32.0 Å². The summed E-state index contributed by atoms with van der Waals surface area (Å²) in [6.07, 6.45) is 0. The molecule has 1 amide bonds. The Morgan fingerprint density at radius 2 is 1.48 bits per heavy atom. The Morgan fingerprint density at radius 1 is 0.909 bits per heavy atom. The van der Waals surface area contributed by atoms with E-state index in [4.69, 9.17) is 9.47 Å². The Balaban J connectivity index is 1.94. The maximum Gasteiger partial charge on any atom is 0.264 e. The van der Waals surface area contributed by atoms with Gasteiger partial charge in [-0.25, -0.2) is 8.42 Å². The van der Waals surface area contributed by atoms with Crippen LogP contribution in [-0.4, -0.2) is 35.1 Å². The molecule has 1 atom stereocenters. The van der Waals surface area contributed by atoms with Gasteiger partial charge in [0.2, 0.25) is 5.91 Å². The van der Waals surface area contributed by atoms with Gasteiger partial charge >= 0.3 is 0 Å². The van der Waals surface area contributed by atoms with Gasteiger partial charge < -0.3 is 14.8 Å². The fraction of sp³-hybridized carbons (Fsp3) is 0.240. The quantitative estimate of drug-likeness (QED) is 0.511. The summed E-state index contributed by atoms with van der Waals surface area (Å²) < 4.78 is 39.0. The second-order valence-electron chi connectivity index (χ2n) is 7.53. The zero-order chi connectivity index (χ0) is 24.0. The molecular formula is C25H28N2O5S. The van der Waals surface area contributed by atoms with Gasteiger partial charge in [0.05, 0.1) is 30.8 Å². The molecule has 3 aromatic rings. The van der Waals surface area contributed by atoms with Crippen molar-refractivity contribution in [2.24, 2.45) is 0 Å². The van der Waals surface area contributed by atoms with Crippen molar-refractivity contribution in [3.8, 4) is 11.5 Å². The number of carbonyl (C=O) groups is 1. The van der Waals surface area contributed by atoms with Gasteiger partial charge in [0.1, 0.15) is 18.0 Å². The summed E-state index contributed by atoms with van der Waals surface area (Å²) in [5, 5.41) is 2.88. The van der Waals surface area contributed by atoms with Gasteiger partial charge in [0.15, 0.2) is 0 Å². The Bertz CT molecular complexity index is 1210. The number of amides is 1. The van der Waals surface area contributed by atoms with Crippen LogP contribution in [-0.2, 0) is 14.8 Å². The van der Waals surface area contributed by atoms with Crippen molar-refractivity contribution in [3.63, 3.8) is 0 Å². The van der Waals surface area contributed by atoms with E-state index in [0.717, 1.165) is 15.4 Å². The number of rotatable bonds is 9. The van der Waals surface area contributed by atoms with Crippen LogP contribution in [0.25, 0.3) is 0 Å². The highest BCUT2D eigenvalue weighted by Crippen LogP contribution is 2.32. The van der Waals surface area contributed by atoms with Crippen LogP contribution >= 0.6 is 0 Å². The molecule has 0 bridgehead atoms. The smallest absolute Gasteiger partial charge is 0.264 e. The van der Waals surface area contributed by atoms with Gasteiger partial charge in [-0.15, -0.1) is 0 Å². The number of nitrogens with zero attached hydrogens (tertiary/aromatic N) is 1. The van der Waals surface area contributed by atoms with Crippen LogP contribution in [0.15, 0.2) is 77.7 Å². The first-order chi connectivity index (χ1) is 15.8. The summed E-state index contributed by atoms with van der Waals surface area (Å²) in [6.45, 7) is 3.27. The standard InChI is InChI=1S/C25H28N2O5S/c1-18-13-15-20(16-14-18)33(29,30)27(22-10-6-8-12-24(22)32-4)17-25(28)26-19(2)21-9-5-7-11-23(21)31-3/h5-16,19H,17H2,1-4H3,(H,26,28)/t19-/m0/s1. The van der Waals surface area contributed by atoms with Gasteiger partial charge in [-0.05, 0) is 44.2 Å². The molecule has 0 radical (unpaired) electrons. The Labute approximate surface area is 195 Å². The lowest BCUT2D eigenvalue weighted by Crippen LogP contribution is -2.41. The van der Waals surface area contributed by atoms with E-state index in [9.17, 15) is 13.2 Å². The van der Waals surface area contributed by atoms with Crippen molar-refractivity contribution >= 4 is 21.6 Å². The number of methoxy groups -OCH3 is 2. The second-order valence-corrected chi connectivity index (χ2v) is 9.39. The molecule has 0 aromatic heterocycles. The molecule has 3 rings (SSSR count). The van der Waals surface area contributed by atoms with E-state index < -0.39 is 28.5 Å². The molecule has 7 nitrogen and oxygen atoms in total. The van der Waals surface area contributed by atoms with E-state index in [0.29, 0.717) is 11.5 Å². The number of ether oxygens (including phenoxy) is 2. The van der Waals surface area contributed by atoms with Crippen molar-refractivity contribution in [2.75, 3.05) is 25.1 Å². The summed E-state index contributed by atoms with van der Waals surface area (Å²) >= 11 is 0. The van der Waals surface area contributed by atoms with E-state index in [-0.39, 0.29) is 10.6 Å². The zero-order valence-electron chi connectivity index (χ0n) is 19.1. The number of para-hydroxylation sites is 3. The minimum Gasteiger partial charge on any atom is -0.496 e. The van der Waals surface area contributed by atoms with Crippen molar-refractivity contribution in [3.05, 3.63) is 83.9 Å². The molecule has 33 heavy (non-hydrogen) atoms. The molecule has 0 spiro atoms. The average Bonchev–Trinajstić information content (AvgIpc) is 2.82. The minimum atomic E-state index is -4.04. The lowest BCUT2D eigenvalue weighted by atomic mass is 10.1. The molecule has 3 aromatic carbocycles. The molecule has 8 heteroatoms. The minimum absolute atomic E-state index is 0.0876. The van der Waals surface area contributed by atoms with Gasteiger partial charge in [-0.2, -0.15) is 0 Å². The first kappa shape index (κ1) is 24.1. The van der Waals surface area contributed by atoms with Crippen molar-refractivity contribution in [1.29, 1.82) is 0 Å². The van der Waals surface area contributed by atoms with Crippen LogP contribution in [0.3, 0.4) is 0 Å². The lowest BCUT2D eigenvalue weighted by Gasteiger charge is -2.26. The normalized spacial score (nSPS) is 12.0. The van der Waals surface area contributed by atoms with Crippen molar-refractivity contribution in [2.45, 2.75) is 24.8 Å². The third-order valence-corrected chi connectivity index (χ3v) is 7.01. The summed E-state index contributed by atoms with van der Waals surface area (Å²) in [4.78, 5) is 13.1. The van der Waals surface area contributed by atoms with Crippen molar-refractivity contribution < 1.29 is 22.7 Å². The third-order valence-electron chi connectivity index (χ3n) is 5.23. The summed E-state index contributed by atoms with van der Waals surface area (Å²) in [7, 11) is -1.03. The van der Waals surface area contributed by atoms with Gasteiger partial charge in [-0.3, -0.25) is 9.10 Å². The molecule has 0 aliphatic heterocycles. The summed E-state index contributed by atoms with van der Waals surface area (Å²) in [6, 6.07) is 20.2. The summed E-state index contributed by atoms with van der Waals surface area (Å²) in [5.41, 5.74) is 2.00. The maximum atomic E-state index is 13.6. The van der Waals surface area contributed by atoms with E-state index in [1.165, 1.54) is 19.2 Å². The molecule has 0 fully saturated rings. The Morgan fingerprint density at radius 3 is 2.12 bits per heavy atom. The van der Waals surface area contributed by atoms with Gasteiger partial charge in [0, 0.05) is 5.56 Å². The zero-order valence-corrected chi connectivity index (χ0v) is 19.9. The van der Waals surface area contributed by atoms with Crippen LogP contribution in [0.2, 0.25) is 0 Å². The average molecular weight is 469 g/mol. The number of nitrogens with one attached hydrogen (secondary N) is 1.